The van der Waals surface area contributed by atoms with Gasteiger partial charge in [0.25, 0.3) is 0 Å². The molecule has 0 amide bonds. The van der Waals surface area contributed by atoms with Crippen LogP contribution in [0.25, 0.3) is 5.65 Å². The monoisotopic (exact) mass is 443 g/mol. The Morgan fingerprint density at radius 2 is 2.09 bits per heavy atom. The maximum atomic E-state index is 4.32. The van der Waals surface area contributed by atoms with Crippen LogP contribution in [-0.4, -0.2) is 32.6 Å². The van der Waals surface area contributed by atoms with Crippen LogP contribution in [-0.2, 0) is 13.1 Å². The zero-order chi connectivity index (χ0) is 15.4. The third kappa shape index (κ3) is 4.38. The van der Waals surface area contributed by atoms with Crippen molar-refractivity contribution in [2.45, 2.75) is 20.0 Å². The fourth-order valence-electron chi connectivity index (χ4n) is 2.04. The number of nitrogens with one attached hydrogen (secondary N) is 2. The molecule has 0 bridgehead atoms. The first-order valence-electron chi connectivity index (χ1n) is 6.91. The molecule has 9 heteroatoms. The molecule has 3 aromatic rings. The van der Waals surface area contributed by atoms with Crippen molar-refractivity contribution >= 4 is 46.9 Å². The van der Waals surface area contributed by atoms with Crippen molar-refractivity contribution in [1.29, 1.82) is 0 Å². The quantitative estimate of drug-likeness (QED) is 0.366. The second kappa shape index (κ2) is 8.20. The van der Waals surface area contributed by atoms with Gasteiger partial charge in [-0.3, -0.25) is 9.39 Å². The number of guanidine groups is 1. The van der Waals surface area contributed by atoms with Crippen molar-refractivity contribution in [3.05, 3.63) is 46.3 Å². The van der Waals surface area contributed by atoms with E-state index in [1.807, 2.05) is 41.9 Å². The molecule has 3 rings (SSSR count). The average Bonchev–Trinajstić information content (AvgIpc) is 3.14. The number of rotatable bonds is 4. The molecule has 0 aliphatic rings. The van der Waals surface area contributed by atoms with E-state index in [-0.39, 0.29) is 24.0 Å². The number of fused-ring (bicyclic) bond motifs is 1. The number of aryl methyl sites for hydroxylation is 1. The first kappa shape index (κ1) is 17.6. The molecule has 0 aromatic carbocycles. The average molecular weight is 443 g/mol. The zero-order valence-electron chi connectivity index (χ0n) is 12.9. The Kier molecular flexibility index (Phi) is 6.28. The molecule has 3 aromatic heterocycles. The third-order valence-electron chi connectivity index (χ3n) is 3.10. The van der Waals surface area contributed by atoms with E-state index >= 15 is 0 Å². The standard InChI is InChI=1S/C14H17N7S.HI/c1-10-7-16-13(22-10)9-18-14(15-2)17-8-12-20-19-11-5-3-4-6-21(11)12;/h3-7H,8-9H2,1-2H3,(H2,15,17,18);1H. The molecule has 0 unspecified atom stereocenters. The molecule has 0 aliphatic heterocycles. The van der Waals surface area contributed by atoms with Gasteiger partial charge in [0.05, 0.1) is 13.1 Å². The first-order chi connectivity index (χ1) is 10.8. The van der Waals surface area contributed by atoms with Crippen LogP contribution in [0.4, 0.5) is 0 Å². The number of thiazole rings is 1. The smallest absolute Gasteiger partial charge is 0.191 e. The summed E-state index contributed by atoms with van der Waals surface area (Å²) in [6.45, 7) is 3.24. The minimum Gasteiger partial charge on any atom is -0.350 e. The predicted molar refractivity (Wildman–Crippen MR) is 102 cm³/mol. The number of pyridine rings is 1. The summed E-state index contributed by atoms with van der Waals surface area (Å²) in [5.74, 6) is 1.55. The number of hydrogen-bond acceptors (Lipinski definition) is 5. The maximum Gasteiger partial charge on any atom is 0.191 e. The summed E-state index contributed by atoms with van der Waals surface area (Å²) in [6.07, 6.45) is 3.82. The summed E-state index contributed by atoms with van der Waals surface area (Å²) in [6, 6.07) is 5.82. The Bertz CT molecular complexity index is 795. The molecular formula is C14H18IN7S. The molecule has 0 saturated carbocycles. The maximum absolute atomic E-state index is 4.32. The summed E-state index contributed by atoms with van der Waals surface area (Å²) in [4.78, 5) is 9.73. The molecule has 2 N–H and O–H groups in total. The van der Waals surface area contributed by atoms with E-state index in [0.717, 1.165) is 16.5 Å². The summed E-state index contributed by atoms with van der Waals surface area (Å²) in [5, 5.41) is 15.8. The van der Waals surface area contributed by atoms with Crippen LogP contribution in [0.2, 0.25) is 0 Å². The lowest BCUT2D eigenvalue weighted by Gasteiger charge is -2.09. The summed E-state index contributed by atoms with van der Waals surface area (Å²) >= 11 is 1.68. The number of hydrogen-bond donors (Lipinski definition) is 2. The van der Waals surface area contributed by atoms with Gasteiger partial charge in [0, 0.05) is 24.3 Å². The fraction of sp³-hybridized carbons (Fsp3) is 0.286. The van der Waals surface area contributed by atoms with E-state index in [2.05, 4.69) is 30.8 Å². The highest BCUT2D eigenvalue weighted by Crippen LogP contribution is 2.10. The minimum absolute atomic E-state index is 0. The molecule has 7 nitrogen and oxygen atoms in total. The summed E-state index contributed by atoms with van der Waals surface area (Å²) in [5.41, 5.74) is 0.834. The van der Waals surface area contributed by atoms with Crippen LogP contribution < -0.4 is 10.6 Å². The molecule has 122 valence electrons. The van der Waals surface area contributed by atoms with E-state index in [9.17, 15) is 0 Å². The van der Waals surface area contributed by atoms with Crippen LogP contribution >= 0.6 is 35.3 Å². The first-order valence-corrected chi connectivity index (χ1v) is 7.72. The molecule has 0 aliphatic carbocycles. The van der Waals surface area contributed by atoms with Crippen molar-refractivity contribution in [2.75, 3.05) is 7.05 Å². The van der Waals surface area contributed by atoms with Gasteiger partial charge in [0.1, 0.15) is 5.01 Å². The van der Waals surface area contributed by atoms with Gasteiger partial charge in [0.15, 0.2) is 17.4 Å². The normalized spacial score (nSPS) is 11.3. The minimum atomic E-state index is 0. The van der Waals surface area contributed by atoms with E-state index in [4.69, 9.17) is 0 Å². The summed E-state index contributed by atoms with van der Waals surface area (Å²) < 4.78 is 1.95. The molecule has 0 spiro atoms. The van der Waals surface area contributed by atoms with Gasteiger partial charge in [-0.1, -0.05) is 6.07 Å². The van der Waals surface area contributed by atoms with Crippen LogP contribution in [0.5, 0.6) is 0 Å². The van der Waals surface area contributed by atoms with Crippen LogP contribution in [0.15, 0.2) is 35.6 Å². The van der Waals surface area contributed by atoms with Crippen LogP contribution in [0, 0.1) is 6.92 Å². The highest BCUT2D eigenvalue weighted by molar-refractivity contribution is 14.0. The third-order valence-corrected chi connectivity index (χ3v) is 4.01. The molecule has 0 saturated heterocycles. The van der Waals surface area contributed by atoms with Crippen molar-refractivity contribution in [1.82, 2.24) is 30.2 Å². The molecule has 0 fully saturated rings. The number of aliphatic imine (C=N–C) groups is 1. The van der Waals surface area contributed by atoms with Gasteiger partial charge < -0.3 is 10.6 Å². The number of nitrogens with zero attached hydrogens (tertiary/aromatic N) is 5. The largest absolute Gasteiger partial charge is 0.350 e. The van der Waals surface area contributed by atoms with Gasteiger partial charge in [0.2, 0.25) is 0 Å². The lowest BCUT2D eigenvalue weighted by atomic mass is 10.4. The predicted octanol–water partition coefficient (Wildman–Crippen LogP) is 1.98. The van der Waals surface area contributed by atoms with E-state index in [1.165, 1.54) is 4.88 Å². The molecule has 0 radical (unpaired) electrons. The number of aromatic nitrogens is 4. The Hall–Kier alpha value is -1.75. The second-order valence-electron chi connectivity index (χ2n) is 4.69. The van der Waals surface area contributed by atoms with Crippen LogP contribution in [0.3, 0.4) is 0 Å². The van der Waals surface area contributed by atoms with Gasteiger partial charge >= 0.3 is 0 Å². The lowest BCUT2D eigenvalue weighted by Crippen LogP contribution is -2.36. The SMILES string of the molecule is CN=C(NCc1ncc(C)s1)NCc1nnc2ccccn12.I. The second-order valence-corrected chi connectivity index (χ2v) is 6.01. The van der Waals surface area contributed by atoms with Crippen molar-refractivity contribution in [3.8, 4) is 0 Å². The van der Waals surface area contributed by atoms with E-state index < -0.39 is 0 Å². The number of halogens is 1. The van der Waals surface area contributed by atoms with E-state index in [1.54, 1.807) is 18.4 Å². The molecule has 3 heterocycles. The van der Waals surface area contributed by atoms with Crippen LogP contribution in [0.1, 0.15) is 15.7 Å². The Morgan fingerprint density at radius 1 is 1.26 bits per heavy atom. The summed E-state index contributed by atoms with van der Waals surface area (Å²) in [7, 11) is 1.74. The Balaban J connectivity index is 0.00000192. The Morgan fingerprint density at radius 3 is 2.83 bits per heavy atom. The molecule has 23 heavy (non-hydrogen) atoms. The lowest BCUT2D eigenvalue weighted by molar-refractivity contribution is 0.761. The molecular weight excluding hydrogens is 425 g/mol. The highest BCUT2D eigenvalue weighted by Gasteiger charge is 2.06. The van der Waals surface area contributed by atoms with Gasteiger partial charge in [-0.2, -0.15) is 0 Å². The van der Waals surface area contributed by atoms with Gasteiger partial charge in [-0.15, -0.1) is 45.5 Å². The van der Waals surface area contributed by atoms with Gasteiger partial charge in [-0.25, -0.2) is 4.98 Å². The van der Waals surface area contributed by atoms with Gasteiger partial charge in [-0.05, 0) is 19.1 Å². The zero-order valence-corrected chi connectivity index (χ0v) is 16.0. The van der Waals surface area contributed by atoms with Crippen molar-refractivity contribution < 1.29 is 0 Å². The highest BCUT2D eigenvalue weighted by atomic mass is 127. The topological polar surface area (TPSA) is 79.5 Å². The fourth-order valence-corrected chi connectivity index (χ4v) is 2.76. The molecule has 0 atom stereocenters. The van der Waals surface area contributed by atoms with Crippen molar-refractivity contribution in [3.63, 3.8) is 0 Å². The van der Waals surface area contributed by atoms with Crippen molar-refractivity contribution in [2.24, 2.45) is 4.99 Å². The van der Waals surface area contributed by atoms with E-state index in [0.29, 0.717) is 19.0 Å². The Labute approximate surface area is 155 Å².